The van der Waals surface area contributed by atoms with Crippen LogP contribution in [-0.2, 0) is 22.5 Å². The van der Waals surface area contributed by atoms with E-state index in [0.717, 1.165) is 29.1 Å². The van der Waals surface area contributed by atoms with Crippen LogP contribution in [-0.4, -0.2) is 45.1 Å². The molecule has 0 saturated carbocycles. The normalized spacial score (nSPS) is 10.8. The Balaban J connectivity index is 1.71. The number of pyridine rings is 1. The predicted octanol–water partition coefficient (Wildman–Crippen LogP) is 3.28. The van der Waals surface area contributed by atoms with Crippen LogP contribution < -0.4 is 5.32 Å². The van der Waals surface area contributed by atoms with E-state index in [0.29, 0.717) is 18.3 Å². The topological polar surface area (TPSA) is 81.9 Å². The van der Waals surface area contributed by atoms with Crippen molar-refractivity contribution in [2.24, 2.45) is 0 Å². The molecule has 0 spiro atoms. The van der Waals surface area contributed by atoms with Gasteiger partial charge in [-0.25, -0.2) is 0 Å². The van der Waals surface area contributed by atoms with Crippen molar-refractivity contribution < 1.29 is 9.53 Å². The number of methoxy groups -OCH3 is 1. The zero-order valence-electron chi connectivity index (χ0n) is 16.0. The number of aryl methyl sites for hydroxylation is 1. The number of benzene rings is 1. The van der Waals surface area contributed by atoms with E-state index in [4.69, 9.17) is 4.74 Å². The second kappa shape index (κ2) is 10.0. The minimum atomic E-state index is -0.0716. The van der Waals surface area contributed by atoms with E-state index < -0.39 is 0 Å². The summed E-state index contributed by atoms with van der Waals surface area (Å²) in [4.78, 5) is 16.5. The molecule has 2 aromatic heterocycles. The summed E-state index contributed by atoms with van der Waals surface area (Å²) < 4.78 is 7.18. The molecule has 1 N–H and O–H groups in total. The first kappa shape index (κ1) is 20.0. The number of amides is 1. The lowest BCUT2D eigenvalue weighted by molar-refractivity contribution is -0.113. The van der Waals surface area contributed by atoms with Crippen molar-refractivity contribution >= 4 is 23.4 Å². The maximum absolute atomic E-state index is 12.4. The summed E-state index contributed by atoms with van der Waals surface area (Å²) in [7, 11) is 1.65. The number of carbonyl (C=O) groups is 1. The largest absolute Gasteiger partial charge is 0.383 e. The standard InChI is InChI=1S/C20H23N5O2S/c1-3-15-6-4-5-7-17(15)22-18(26)14-28-20-24-23-19(25(20)12-13-27-2)16-8-10-21-11-9-16/h4-11H,3,12-14H2,1-2H3,(H,22,26). The molecule has 7 nitrogen and oxygen atoms in total. The van der Waals surface area contributed by atoms with Gasteiger partial charge in [0.1, 0.15) is 0 Å². The van der Waals surface area contributed by atoms with Gasteiger partial charge in [0.15, 0.2) is 11.0 Å². The van der Waals surface area contributed by atoms with Crippen LogP contribution in [0.4, 0.5) is 5.69 Å². The van der Waals surface area contributed by atoms with Crippen molar-refractivity contribution in [3.8, 4) is 11.4 Å². The molecule has 0 atom stereocenters. The van der Waals surface area contributed by atoms with E-state index in [2.05, 4.69) is 27.4 Å². The van der Waals surface area contributed by atoms with Gasteiger partial charge < -0.3 is 10.1 Å². The summed E-state index contributed by atoms with van der Waals surface area (Å²) in [6, 6.07) is 11.6. The van der Waals surface area contributed by atoms with E-state index >= 15 is 0 Å². The lowest BCUT2D eigenvalue weighted by Gasteiger charge is -2.11. The number of hydrogen-bond donors (Lipinski definition) is 1. The number of nitrogens with zero attached hydrogens (tertiary/aromatic N) is 4. The fraction of sp³-hybridized carbons (Fsp3) is 0.300. The third-order valence-electron chi connectivity index (χ3n) is 4.18. The number of rotatable bonds is 9. The fourth-order valence-corrected chi connectivity index (χ4v) is 3.53. The van der Waals surface area contributed by atoms with Crippen molar-refractivity contribution in [2.45, 2.75) is 25.0 Å². The highest BCUT2D eigenvalue weighted by atomic mass is 32.2. The Morgan fingerprint density at radius 3 is 2.71 bits per heavy atom. The van der Waals surface area contributed by atoms with Gasteiger partial charge in [-0.05, 0) is 30.2 Å². The van der Waals surface area contributed by atoms with Crippen LogP contribution in [0.15, 0.2) is 53.9 Å². The van der Waals surface area contributed by atoms with Gasteiger partial charge in [-0.2, -0.15) is 0 Å². The SMILES string of the molecule is CCc1ccccc1NC(=O)CSc1nnc(-c2ccncc2)n1CCOC. The van der Waals surface area contributed by atoms with Gasteiger partial charge in [-0.15, -0.1) is 10.2 Å². The second-order valence-electron chi connectivity index (χ2n) is 6.03. The van der Waals surface area contributed by atoms with Crippen LogP contribution in [0, 0.1) is 0 Å². The zero-order valence-corrected chi connectivity index (χ0v) is 16.8. The van der Waals surface area contributed by atoms with Crippen molar-refractivity contribution in [2.75, 3.05) is 24.8 Å². The lowest BCUT2D eigenvalue weighted by Crippen LogP contribution is -2.16. The number of anilines is 1. The summed E-state index contributed by atoms with van der Waals surface area (Å²) in [6.45, 7) is 3.20. The summed E-state index contributed by atoms with van der Waals surface area (Å²) >= 11 is 1.36. The molecule has 0 saturated heterocycles. The van der Waals surface area contributed by atoms with Gasteiger partial charge in [0.2, 0.25) is 5.91 Å². The Labute approximate surface area is 168 Å². The van der Waals surface area contributed by atoms with Gasteiger partial charge in [0.05, 0.1) is 18.9 Å². The molecule has 2 heterocycles. The lowest BCUT2D eigenvalue weighted by atomic mass is 10.1. The van der Waals surface area contributed by atoms with E-state index in [-0.39, 0.29) is 11.7 Å². The second-order valence-corrected chi connectivity index (χ2v) is 6.98. The molecule has 1 amide bonds. The monoisotopic (exact) mass is 397 g/mol. The van der Waals surface area contributed by atoms with Crippen LogP contribution in [0.2, 0.25) is 0 Å². The molecular formula is C20H23N5O2S. The van der Waals surface area contributed by atoms with Gasteiger partial charge in [-0.3, -0.25) is 14.3 Å². The number of nitrogens with one attached hydrogen (secondary N) is 1. The van der Waals surface area contributed by atoms with E-state index in [1.165, 1.54) is 11.8 Å². The zero-order chi connectivity index (χ0) is 19.8. The Morgan fingerprint density at radius 1 is 1.18 bits per heavy atom. The number of ether oxygens (including phenoxy) is 1. The van der Waals surface area contributed by atoms with Crippen molar-refractivity contribution in [3.63, 3.8) is 0 Å². The first-order chi connectivity index (χ1) is 13.7. The van der Waals surface area contributed by atoms with Crippen LogP contribution >= 0.6 is 11.8 Å². The van der Waals surface area contributed by atoms with Crippen LogP contribution in [0.5, 0.6) is 0 Å². The Morgan fingerprint density at radius 2 is 1.96 bits per heavy atom. The van der Waals surface area contributed by atoms with Gasteiger partial charge in [-0.1, -0.05) is 36.9 Å². The highest BCUT2D eigenvalue weighted by Gasteiger charge is 2.16. The molecule has 28 heavy (non-hydrogen) atoms. The number of carbonyl (C=O) groups excluding carboxylic acids is 1. The number of para-hydroxylation sites is 1. The molecule has 0 radical (unpaired) electrons. The molecule has 0 bridgehead atoms. The van der Waals surface area contributed by atoms with Crippen molar-refractivity contribution in [1.29, 1.82) is 0 Å². The van der Waals surface area contributed by atoms with Crippen LogP contribution in [0.25, 0.3) is 11.4 Å². The van der Waals surface area contributed by atoms with Gasteiger partial charge in [0.25, 0.3) is 0 Å². The summed E-state index contributed by atoms with van der Waals surface area (Å²) in [5, 5.41) is 12.2. The maximum Gasteiger partial charge on any atom is 0.234 e. The van der Waals surface area contributed by atoms with E-state index in [9.17, 15) is 4.79 Å². The van der Waals surface area contributed by atoms with E-state index in [1.807, 2.05) is 41.0 Å². The first-order valence-corrected chi connectivity index (χ1v) is 10.0. The molecular weight excluding hydrogens is 374 g/mol. The Bertz CT molecular complexity index is 914. The summed E-state index contributed by atoms with van der Waals surface area (Å²) in [6.07, 6.45) is 4.30. The molecule has 146 valence electrons. The van der Waals surface area contributed by atoms with Crippen LogP contribution in [0.1, 0.15) is 12.5 Å². The maximum atomic E-state index is 12.4. The van der Waals surface area contributed by atoms with Gasteiger partial charge in [0, 0.05) is 30.8 Å². The minimum absolute atomic E-state index is 0.0716. The molecule has 0 fully saturated rings. The number of hydrogen-bond acceptors (Lipinski definition) is 6. The fourth-order valence-electron chi connectivity index (χ4n) is 2.76. The first-order valence-electron chi connectivity index (χ1n) is 9.06. The average Bonchev–Trinajstić information content (AvgIpc) is 3.14. The summed E-state index contributed by atoms with van der Waals surface area (Å²) in [5.41, 5.74) is 2.89. The summed E-state index contributed by atoms with van der Waals surface area (Å²) in [5.74, 6) is 0.913. The minimum Gasteiger partial charge on any atom is -0.383 e. The third-order valence-corrected chi connectivity index (χ3v) is 5.15. The highest BCUT2D eigenvalue weighted by Crippen LogP contribution is 2.24. The highest BCUT2D eigenvalue weighted by molar-refractivity contribution is 7.99. The third kappa shape index (κ3) is 4.96. The predicted molar refractivity (Wildman–Crippen MR) is 110 cm³/mol. The molecule has 3 rings (SSSR count). The number of aromatic nitrogens is 4. The molecule has 1 aromatic carbocycles. The molecule has 8 heteroatoms. The molecule has 0 aliphatic rings. The average molecular weight is 398 g/mol. The van der Waals surface area contributed by atoms with Gasteiger partial charge >= 0.3 is 0 Å². The molecule has 3 aromatic rings. The quantitative estimate of drug-likeness (QED) is 0.558. The molecule has 0 aliphatic heterocycles. The van der Waals surface area contributed by atoms with E-state index in [1.54, 1.807) is 19.5 Å². The smallest absolute Gasteiger partial charge is 0.234 e. The molecule has 0 aliphatic carbocycles. The van der Waals surface area contributed by atoms with Crippen molar-refractivity contribution in [3.05, 3.63) is 54.4 Å². The number of thioether (sulfide) groups is 1. The molecule has 0 unspecified atom stereocenters. The van der Waals surface area contributed by atoms with Crippen molar-refractivity contribution in [1.82, 2.24) is 19.7 Å². The Hall–Kier alpha value is -2.71. The Kier molecular flexibility index (Phi) is 7.16. The van der Waals surface area contributed by atoms with Crippen LogP contribution in [0.3, 0.4) is 0 Å².